The van der Waals surface area contributed by atoms with Crippen molar-refractivity contribution < 1.29 is 18.3 Å². The molecule has 1 aromatic carbocycles. The molecule has 2 aliphatic heterocycles. The Morgan fingerprint density at radius 2 is 2.00 bits per heavy atom. The number of aryl methyl sites for hydroxylation is 1. The highest BCUT2D eigenvalue weighted by atomic mass is 32.2. The summed E-state index contributed by atoms with van der Waals surface area (Å²) in [5.74, 6) is 1.01. The van der Waals surface area contributed by atoms with E-state index in [0.717, 1.165) is 53.1 Å². The molecule has 36 heavy (non-hydrogen) atoms. The fraction of sp³-hybridized carbons (Fsp3) is 0.462. The lowest BCUT2D eigenvalue weighted by Gasteiger charge is -2.32. The first-order valence-electron chi connectivity index (χ1n) is 12.4. The third-order valence-electron chi connectivity index (χ3n) is 6.79. The number of sulfonamides is 1. The van der Waals surface area contributed by atoms with Gasteiger partial charge in [0.15, 0.2) is 0 Å². The normalized spacial score (nSPS) is 17.9. The summed E-state index contributed by atoms with van der Waals surface area (Å²) < 4.78 is 33.6. The number of rotatable bonds is 8. The van der Waals surface area contributed by atoms with Gasteiger partial charge in [0, 0.05) is 51.8 Å². The molecule has 0 amide bonds. The first kappa shape index (κ1) is 25.1. The number of aromatic nitrogens is 2. The Bertz CT molecular complexity index is 1330. The maximum Gasteiger partial charge on any atom is 0.274 e. The van der Waals surface area contributed by atoms with Gasteiger partial charge in [-0.15, -0.1) is 0 Å². The highest BCUT2D eigenvalue weighted by molar-refractivity contribution is 7.89. The van der Waals surface area contributed by atoms with Crippen molar-refractivity contribution in [1.82, 2.24) is 14.3 Å². The van der Waals surface area contributed by atoms with Gasteiger partial charge in [-0.1, -0.05) is 29.5 Å². The number of benzene rings is 1. The Labute approximate surface area is 216 Å². The Hall–Kier alpha value is -2.53. The molecular weight excluding hydrogens is 496 g/mol. The van der Waals surface area contributed by atoms with Crippen LogP contribution in [0.25, 0.3) is 15.8 Å². The number of piperidine rings is 1. The SMILES string of the molecule is Cc1ccc(N2CCC(Oc3nc4ccc(C5=CCN(S(=O)(=O)CCCO)CC5)cc4s3)CC2)nc1. The van der Waals surface area contributed by atoms with E-state index in [4.69, 9.17) is 14.8 Å². The van der Waals surface area contributed by atoms with Gasteiger partial charge >= 0.3 is 0 Å². The number of aliphatic hydroxyl groups is 1. The van der Waals surface area contributed by atoms with Crippen LogP contribution in [0.15, 0.2) is 42.6 Å². The molecule has 4 heterocycles. The van der Waals surface area contributed by atoms with Gasteiger partial charge in [0.2, 0.25) is 10.0 Å². The van der Waals surface area contributed by atoms with Gasteiger partial charge in [0.25, 0.3) is 5.19 Å². The molecule has 0 atom stereocenters. The lowest BCUT2D eigenvalue weighted by molar-refractivity contribution is 0.170. The predicted octanol–water partition coefficient (Wildman–Crippen LogP) is 3.85. The maximum atomic E-state index is 12.4. The topological polar surface area (TPSA) is 95.9 Å². The second-order valence-corrected chi connectivity index (χ2v) is 12.5. The zero-order valence-corrected chi connectivity index (χ0v) is 22.1. The fourth-order valence-corrected chi connectivity index (χ4v) is 7.03. The van der Waals surface area contributed by atoms with Crippen LogP contribution in [0.4, 0.5) is 5.82 Å². The first-order valence-corrected chi connectivity index (χ1v) is 14.9. The van der Waals surface area contributed by atoms with Crippen molar-refractivity contribution in [3.63, 3.8) is 0 Å². The Morgan fingerprint density at radius 1 is 1.17 bits per heavy atom. The Balaban J connectivity index is 1.20. The molecule has 0 spiro atoms. The summed E-state index contributed by atoms with van der Waals surface area (Å²) in [7, 11) is -3.32. The standard InChI is InChI=1S/C26H32N4O4S2/c1-19-3-6-25(27-18-19)29-11-9-22(10-12-29)34-26-28-23-5-4-21(17-24(23)35-26)20-7-13-30(14-8-20)36(32,33)16-2-15-31/h3-7,17-18,22,31H,2,8-16H2,1H3. The van der Waals surface area contributed by atoms with Crippen molar-refractivity contribution in [2.75, 3.05) is 43.4 Å². The summed E-state index contributed by atoms with van der Waals surface area (Å²) in [6.07, 6.45) is 6.85. The molecule has 10 heteroatoms. The number of thiazole rings is 1. The molecule has 192 valence electrons. The molecule has 3 aromatic rings. The molecule has 0 radical (unpaired) electrons. The number of hydrogen-bond donors (Lipinski definition) is 1. The molecule has 1 saturated heterocycles. The summed E-state index contributed by atoms with van der Waals surface area (Å²) in [5, 5.41) is 9.65. The molecule has 0 saturated carbocycles. The minimum absolute atomic E-state index is 0.00978. The number of fused-ring (bicyclic) bond motifs is 1. The van der Waals surface area contributed by atoms with Crippen LogP contribution in [0.1, 0.15) is 36.8 Å². The molecule has 1 fully saturated rings. The van der Waals surface area contributed by atoms with Gasteiger partial charge in [0.1, 0.15) is 11.9 Å². The molecule has 2 aliphatic rings. The van der Waals surface area contributed by atoms with Gasteiger partial charge < -0.3 is 14.7 Å². The van der Waals surface area contributed by atoms with Crippen molar-refractivity contribution >= 4 is 43.0 Å². The zero-order valence-electron chi connectivity index (χ0n) is 20.5. The largest absolute Gasteiger partial charge is 0.467 e. The summed E-state index contributed by atoms with van der Waals surface area (Å²) in [4.78, 5) is 11.5. The van der Waals surface area contributed by atoms with Crippen LogP contribution >= 0.6 is 11.3 Å². The van der Waals surface area contributed by atoms with Crippen LogP contribution in [0.2, 0.25) is 0 Å². The van der Waals surface area contributed by atoms with Crippen LogP contribution in [0, 0.1) is 6.92 Å². The summed E-state index contributed by atoms with van der Waals surface area (Å²) in [6, 6.07) is 10.4. The van der Waals surface area contributed by atoms with E-state index in [1.54, 1.807) is 11.3 Å². The van der Waals surface area contributed by atoms with Crippen molar-refractivity contribution in [2.24, 2.45) is 0 Å². The summed E-state index contributed by atoms with van der Waals surface area (Å²) >= 11 is 1.57. The highest BCUT2D eigenvalue weighted by Crippen LogP contribution is 2.33. The van der Waals surface area contributed by atoms with Gasteiger partial charge in [-0.05, 0) is 54.7 Å². The van der Waals surface area contributed by atoms with Gasteiger partial charge in [-0.3, -0.25) is 0 Å². The molecule has 0 bridgehead atoms. The fourth-order valence-electron chi connectivity index (χ4n) is 4.69. The van der Waals surface area contributed by atoms with E-state index in [0.29, 0.717) is 24.7 Å². The second-order valence-electron chi connectivity index (χ2n) is 9.39. The Morgan fingerprint density at radius 3 is 2.69 bits per heavy atom. The second kappa shape index (κ2) is 10.8. The van der Waals surface area contributed by atoms with Crippen LogP contribution in [0.5, 0.6) is 5.19 Å². The van der Waals surface area contributed by atoms with Crippen LogP contribution in [-0.4, -0.2) is 72.4 Å². The monoisotopic (exact) mass is 528 g/mol. The number of pyridine rings is 1. The van der Waals surface area contributed by atoms with Crippen molar-refractivity contribution in [1.29, 1.82) is 0 Å². The number of ether oxygens (including phenoxy) is 1. The number of anilines is 1. The maximum absolute atomic E-state index is 12.4. The lowest BCUT2D eigenvalue weighted by atomic mass is 10.0. The van der Waals surface area contributed by atoms with Crippen molar-refractivity contribution in [3.8, 4) is 5.19 Å². The number of aliphatic hydroxyl groups excluding tert-OH is 1. The predicted molar refractivity (Wildman–Crippen MR) is 144 cm³/mol. The highest BCUT2D eigenvalue weighted by Gasteiger charge is 2.25. The molecule has 2 aromatic heterocycles. The van der Waals surface area contributed by atoms with Crippen LogP contribution < -0.4 is 9.64 Å². The van der Waals surface area contributed by atoms with E-state index < -0.39 is 10.0 Å². The quantitative estimate of drug-likeness (QED) is 0.474. The minimum atomic E-state index is -3.32. The van der Waals surface area contributed by atoms with Gasteiger partial charge in [-0.2, -0.15) is 4.31 Å². The molecular formula is C26H32N4O4S2. The number of hydrogen-bond acceptors (Lipinski definition) is 8. The zero-order chi connectivity index (χ0) is 25.1. The van der Waals surface area contributed by atoms with Crippen LogP contribution in [-0.2, 0) is 10.0 Å². The van der Waals surface area contributed by atoms with Gasteiger partial charge in [0.05, 0.1) is 16.0 Å². The molecule has 5 rings (SSSR count). The molecule has 0 unspecified atom stereocenters. The number of nitrogens with zero attached hydrogens (tertiary/aromatic N) is 4. The summed E-state index contributed by atoms with van der Waals surface area (Å²) in [6.45, 7) is 4.60. The lowest BCUT2D eigenvalue weighted by Crippen LogP contribution is -2.38. The van der Waals surface area contributed by atoms with E-state index >= 15 is 0 Å². The van der Waals surface area contributed by atoms with Crippen molar-refractivity contribution in [2.45, 2.75) is 38.7 Å². The average Bonchev–Trinajstić information content (AvgIpc) is 3.30. The minimum Gasteiger partial charge on any atom is -0.467 e. The molecule has 8 nitrogen and oxygen atoms in total. The first-order chi connectivity index (χ1) is 17.4. The Kier molecular flexibility index (Phi) is 7.57. The van der Waals surface area contributed by atoms with E-state index in [1.165, 1.54) is 9.87 Å². The smallest absolute Gasteiger partial charge is 0.274 e. The average molecular weight is 529 g/mol. The van der Waals surface area contributed by atoms with E-state index in [9.17, 15) is 8.42 Å². The third-order valence-corrected chi connectivity index (χ3v) is 9.63. The van der Waals surface area contributed by atoms with Gasteiger partial charge in [-0.25, -0.2) is 18.4 Å². The molecule has 1 N–H and O–H groups in total. The molecule has 0 aliphatic carbocycles. The van der Waals surface area contributed by atoms with E-state index in [1.807, 2.05) is 25.3 Å². The third kappa shape index (κ3) is 5.72. The van der Waals surface area contributed by atoms with Crippen molar-refractivity contribution in [3.05, 3.63) is 53.7 Å². The van der Waals surface area contributed by atoms with E-state index in [-0.39, 0.29) is 24.9 Å². The van der Waals surface area contributed by atoms with Crippen LogP contribution in [0.3, 0.4) is 0 Å². The summed E-state index contributed by atoms with van der Waals surface area (Å²) in [5.41, 5.74) is 4.34. The van der Waals surface area contributed by atoms with E-state index in [2.05, 4.69) is 34.1 Å².